The van der Waals surface area contributed by atoms with Crippen molar-refractivity contribution in [2.45, 2.75) is 39.0 Å². The Kier molecular flexibility index (Phi) is 6.65. The van der Waals surface area contributed by atoms with Gasteiger partial charge in [-0.3, -0.25) is 0 Å². The van der Waals surface area contributed by atoms with Gasteiger partial charge in [-0.1, -0.05) is 20.8 Å². The molecule has 16 heavy (non-hydrogen) atoms. The van der Waals surface area contributed by atoms with Crippen LogP contribution in [-0.2, 0) is 5.75 Å². The van der Waals surface area contributed by atoms with Gasteiger partial charge in [0, 0.05) is 11.8 Å². The summed E-state index contributed by atoms with van der Waals surface area (Å²) in [4.78, 5) is 0. The Morgan fingerprint density at radius 1 is 1.44 bits per heavy atom. The van der Waals surface area contributed by atoms with E-state index in [-0.39, 0.29) is 0 Å². The van der Waals surface area contributed by atoms with Crippen LogP contribution in [0.2, 0.25) is 0 Å². The minimum Gasteiger partial charge on any atom is -0.468 e. The van der Waals surface area contributed by atoms with Gasteiger partial charge in [0.1, 0.15) is 5.76 Å². The Labute approximate surface area is 103 Å². The lowest BCUT2D eigenvalue weighted by atomic mass is 10.1. The summed E-state index contributed by atoms with van der Waals surface area (Å²) in [6.45, 7) is 7.88. The van der Waals surface area contributed by atoms with Crippen LogP contribution < -0.4 is 5.32 Å². The maximum atomic E-state index is 5.32. The number of hydrogen-bond donors (Lipinski definition) is 1. The molecule has 0 amide bonds. The number of hydrogen-bond acceptors (Lipinski definition) is 3. The van der Waals surface area contributed by atoms with Crippen LogP contribution >= 0.6 is 11.8 Å². The minimum atomic E-state index is 0.611. The van der Waals surface area contributed by atoms with Crippen molar-refractivity contribution < 1.29 is 4.42 Å². The predicted octanol–water partition coefficient (Wildman–Crippen LogP) is 3.54. The number of thioether (sulfide) groups is 1. The van der Waals surface area contributed by atoms with Crippen LogP contribution in [-0.4, -0.2) is 18.3 Å². The zero-order valence-electron chi connectivity index (χ0n) is 10.5. The van der Waals surface area contributed by atoms with Crippen molar-refractivity contribution in [3.8, 4) is 0 Å². The third-order valence-corrected chi connectivity index (χ3v) is 3.67. The van der Waals surface area contributed by atoms with Gasteiger partial charge >= 0.3 is 0 Å². The van der Waals surface area contributed by atoms with E-state index in [1.54, 1.807) is 6.26 Å². The summed E-state index contributed by atoms with van der Waals surface area (Å²) in [5, 5.41) is 3.60. The summed E-state index contributed by atoms with van der Waals surface area (Å²) < 4.78 is 5.32. The second kappa shape index (κ2) is 7.80. The van der Waals surface area contributed by atoms with Gasteiger partial charge in [-0.2, -0.15) is 11.8 Å². The molecule has 0 aliphatic rings. The quantitative estimate of drug-likeness (QED) is 0.753. The molecule has 0 aromatic carbocycles. The van der Waals surface area contributed by atoms with Gasteiger partial charge in [-0.05, 0) is 31.0 Å². The van der Waals surface area contributed by atoms with Gasteiger partial charge in [-0.15, -0.1) is 0 Å². The molecule has 92 valence electrons. The first-order valence-corrected chi connectivity index (χ1v) is 7.23. The zero-order chi connectivity index (χ0) is 11.8. The first kappa shape index (κ1) is 13.7. The Bertz CT molecular complexity index is 259. The largest absolute Gasteiger partial charge is 0.468 e. The van der Waals surface area contributed by atoms with Crippen molar-refractivity contribution in [2.24, 2.45) is 5.92 Å². The molecule has 0 radical (unpaired) electrons. The number of nitrogens with one attached hydrogen (secondary N) is 1. The van der Waals surface area contributed by atoms with E-state index in [4.69, 9.17) is 4.42 Å². The lowest BCUT2D eigenvalue weighted by Crippen LogP contribution is -2.36. The van der Waals surface area contributed by atoms with E-state index in [1.807, 2.05) is 23.9 Å². The topological polar surface area (TPSA) is 25.2 Å². The van der Waals surface area contributed by atoms with E-state index in [9.17, 15) is 0 Å². The molecule has 2 nitrogen and oxygen atoms in total. The van der Waals surface area contributed by atoms with E-state index in [0.29, 0.717) is 12.0 Å². The molecule has 0 bridgehead atoms. The van der Waals surface area contributed by atoms with Crippen LogP contribution in [0.25, 0.3) is 0 Å². The molecule has 1 unspecified atom stereocenters. The fourth-order valence-electron chi connectivity index (χ4n) is 1.50. The van der Waals surface area contributed by atoms with Crippen LogP contribution in [0.15, 0.2) is 22.8 Å². The zero-order valence-corrected chi connectivity index (χ0v) is 11.3. The van der Waals surface area contributed by atoms with Gasteiger partial charge in [0.15, 0.2) is 0 Å². The molecule has 0 saturated heterocycles. The van der Waals surface area contributed by atoms with Crippen LogP contribution in [0.5, 0.6) is 0 Å². The summed E-state index contributed by atoms with van der Waals surface area (Å²) >= 11 is 1.94. The smallest absolute Gasteiger partial charge is 0.113 e. The number of furan rings is 1. The van der Waals surface area contributed by atoms with Gasteiger partial charge in [0.2, 0.25) is 0 Å². The van der Waals surface area contributed by atoms with Crippen molar-refractivity contribution in [1.29, 1.82) is 0 Å². The Hall–Kier alpha value is -0.410. The standard InChI is InChI=1S/C13H23NOS/c1-4-7-14-13(11(2)3)10-16-9-12-6-5-8-15-12/h5-6,8,11,13-14H,4,7,9-10H2,1-3H3. The SMILES string of the molecule is CCCNC(CSCc1ccco1)C(C)C. The maximum Gasteiger partial charge on any atom is 0.113 e. The monoisotopic (exact) mass is 241 g/mol. The molecule has 0 spiro atoms. The van der Waals surface area contributed by atoms with Crippen molar-refractivity contribution in [3.63, 3.8) is 0 Å². The normalized spacial score (nSPS) is 13.2. The number of rotatable bonds is 8. The fraction of sp³-hybridized carbons (Fsp3) is 0.692. The molecule has 0 saturated carbocycles. The van der Waals surface area contributed by atoms with E-state index in [2.05, 4.69) is 26.1 Å². The molecule has 0 fully saturated rings. The van der Waals surface area contributed by atoms with E-state index in [0.717, 1.165) is 23.8 Å². The van der Waals surface area contributed by atoms with Gasteiger partial charge < -0.3 is 9.73 Å². The highest BCUT2D eigenvalue weighted by atomic mass is 32.2. The second-order valence-electron chi connectivity index (χ2n) is 4.40. The summed E-state index contributed by atoms with van der Waals surface area (Å²) in [6.07, 6.45) is 2.94. The molecular formula is C13H23NOS. The summed E-state index contributed by atoms with van der Waals surface area (Å²) in [5.41, 5.74) is 0. The summed E-state index contributed by atoms with van der Waals surface area (Å²) in [6, 6.07) is 4.60. The minimum absolute atomic E-state index is 0.611. The van der Waals surface area contributed by atoms with Gasteiger partial charge in [0.05, 0.1) is 12.0 Å². The van der Waals surface area contributed by atoms with E-state index >= 15 is 0 Å². The molecule has 0 aliphatic heterocycles. The molecule has 1 heterocycles. The summed E-state index contributed by atoms with van der Waals surface area (Å²) in [5.74, 6) is 3.89. The van der Waals surface area contributed by atoms with Crippen molar-refractivity contribution >= 4 is 11.8 Å². The second-order valence-corrected chi connectivity index (χ2v) is 5.43. The average Bonchev–Trinajstić information content (AvgIpc) is 2.75. The molecule has 1 N–H and O–H groups in total. The van der Waals surface area contributed by atoms with Crippen molar-refractivity contribution in [1.82, 2.24) is 5.32 Å². The molecule has 3 heteroatoms. The van der Waals surface area contributed by atoms with Gasteiger partial charge in [0.25, 0.3) is 0 Å². The van der Waals surface area contributed by atoms with Crippen LogP contribution in [0, 0.1) is 5.92 Å². The van der Waals surface area contributed by atoms with Crippen molar-refractivity contribution in [2.75, 3.05) is 12.3 Å². The maximum absolute atomic E-state index is 5.32. The van der Waals surface area contributed by atoms with Crippen LogP contribution in [0.3, 0.4) is 0 Å². The fourth-order valence-corrected chi connectivity index (χ4v) is 2.74. The molecule has 1 aromatic heterocycles. The summed E-state index contributed by atoms with van der Waals surface area (Å²) in [7, 11) is 0. The first-order valence-electron chi connectivity index (χ1n) is 6.07. The third kappa shape index (κ3) is 5.08. The van der Waals surface area contributed by atoms with E-state index < -0.39 is 0 Å². The lowest BCUT2D eigenvalue weighted by molar-refractivity contribution is 0.433. The molecule has 1 atom stereocenters. The Morgan fingerprint density at radius 2 is 2.25 bits per heavy atom. The third-order valence-electron chi connectivity index (χ3n) is 2.58. The van der Waals surface area contributed by atoms with Gasteiger partial charge in [-0.25, -0.2) is 0 Å². The first-order chi connectivity index (χ1) is 7.74. The molecular weight excluding hydrogens is 218 g/mol. The predicted molar refractivity (Wildman–Crippen MR) is 71.8 cm³/mol. The van der Waals surface area contributed by atoms with Crippen LogP contribution in [0.4, 0.5) is 0 Å². The molecule has 1 rings (SSSR count). The van der Waals surface area contributed by atoms with Crippen LogP contribution in [0.1, 0.15) is 33.0 Å². The Balaban J connectivity index is 2.21. The molecule has 1 aromatic rings. The highest BCUT2D eigenvalue weighted by Gasteiger charge is 2.12. The lowest BCUT2D eigenvalue weighted by Gasteiger charge is -2.21. The molecule has 0 aliphatic carbocycles. The van der Waals surface area contributed by atoms with Crippen molar-refractivity contribution in [3.05, 3.63) is 24.2 Å². The average molecular weight is 241 g/mol. The van der Waals surface area contributed by atoms with E-state index in [1.165, 1.54) is 6.42 Å². The highest BCUT2D eigenvalue weighted by molar-refractivity contribution is 7.98. The Morgan fingerprint density at radius 3 is 2.81 bits per heavy atom. The highest BCUT2D eigenvalue weighted by Crippen LogP contribution is 2.16.